The van der Waals surface area contributed by atoms with Gasteiger partial charge in [0.15, 0.2) is 0 Å². The molecule has 0 radical (unpaired) electrons. The molecule has 174 valence electrons. The Labute approximate surface area is 198 Å². The van der Waals surface area contributed by atoms with E-state index in [9.17, 15) is 9.18 Å². The first kappa shape index (κ1) is 23.2. The number of ether oxygens (including phenoxy) is 1. The van der Waals surface area contributed by atoms with E-state index >= 15 is 0 Å². The Morgan fingerprint density at radius 2 is 1.71 bits per heavy atom. The Kier molecular flexibility index (Phi) is 7.65. The van der Waals surface area contributed by atoms with Gasteiger partial charge in [0, 0.05) is 43.8 Å². The number of aryl methyl sites for hydroxylation is 1. The number of halogens is 1. The fourth-order valence-electron chi connectivity index (χ4n) is 3.63. The number of carbonyl (C=O) groups is 1. The highest BCUT2D eigenvalue weighted by atomic mass is 19.1. The molecule has 4 aromatic rings. The van der Waals surface area contributed by atoms with Crippen LogP contribution in [-0.2, 0) is 30.8 Å². The van der Waals surface area contributed by atoms with Crippen LogP contribution in [-0.4, -0.2) is 32.2 Å². The summed E-state index contributed by atoms with van der Waals surface area (Å²) in [5.74, 6) is 0.469. The third-order valence-corrected chi connectivity index (χ3v) is 5.53. The van der Waals surface area contributed by atoms with E-state index in [1.54, 1.807) is 35.4 Å². The lowest BCUT2D eigenvalue weighted by molar-refractivity contribution is -0.133. The van der Waals surface area contributed by atoms with Gasteiger partial charge in [-0.05, 0) is 66.1 Å². The van der Waals surface area contributed by atoms with Crippen molar-refractivity contribution in [3.63, 3.8) is 0 Å². The first-order valence-corrected chi connectivity index (χ1v) is 11.2. The molecule has 0 atom stereocenters. The van der Waals surface area contributed by atoms with E-state index in [2.05, 4.69) is 10.1 Å². The van der Waals surface area contributed by atoms with Crippen molar-refractivity contribution in [1.82, 2.24) is 19.7 Å². The van der Waals surface area contributed by atoms with Gasteiger partial charge < -0.3 is 9.64 Å². The summed E-state index contributed by atoms with van der Waals surface area (Å²) in [5.41, 5.74) is 3.93. The zero-order valence-corrected chi connectivity index (χ0v) is 19.1. The van der Waals surface area contributed by atoms with Gasteiger partial charge in [-0.25, -0.2) is 4.39 Å². The molecule has 0 unspecified atom stereocenters. The predicted molar refractivity (Wildman–Crippen MR) is 127 cm³/mol. The maximum atomic E-state index is 13.2. The molecule has 2 aromatic heterocycles. The molecule has 0 N–H and O–H groups in total. The van der Waals surface area contributed by atoms with Gasteiger partial charge in [0.25, 0.3) is 0 Å². The second-order valence-corrected chi connectivity index (χ2v) is 8.11. The van der Waals surface area contributed by atoms with Gasteiger partial charge >= 0.3 is 0 Å². The van der Waals surface area contributed by atoms with E-state index < -0.39 is 0 Å². The molecule has 0 bridgehead atoms. The summed E-state index contributed by atoms with van der Waals surface area (Å²) in [7, 11) is 0. The lowest BCUT2D eigenvalue weighted by atomic mass is 10.1. The second-order valence-electron chi connectivity index (χ2n) is 8.11. The van der Waals surface area contributed by atoms with Gasteiger partial charge in [-0.2, -0.15) is 5.10 Å². The first-order valence-electron chi connectivity index (χ1n) is 11.2. The Bertz CT molecular complexity index is 1210. The van der Waals surface area contributed by atoms with Crippen molar-refractivity contribution in [3.8, 4) is 5.75 Å². The summed E-state index contributed by atoms with van der Waals surface area (Å²) in [5, 5.41) is 4.25. The highest BCUT2D eigenvalue weighted by Crippen LogP contribution is 2.18. The Balaban J connectivity index is 1.42. The number of amides is 1. The maximum absolute atomic E-state index is 13.2. The monoisotopic (exact) mass is 458 g/mol. The van der Waals surface area contributed by atoms with Crippen LogP contribution in [0.3, 0.4) is 0 Å². The van der Waals surface area contributed by atoms with Gasteiger partial charge in [-0.3, -0.25) is 14.5 Å². The topological polar surface area (TPSA) is 60.2 Å². The van der Waals surface area contributed by atoms with Crippen molar-refractivity contribution in [1.29, 1.82) is 0 Å². The second kappa shape index (κ2) is 11.2. The summed E-state index contributed by atoms with van der Waals surface area (Å²) in [6.45, 7) is 3.50. The quantitative estimate of drug-likeness (QED) is 0.349. The van der Waals surface area contributed by atoms with Crippen LogP contribution in [0.25, 0.3) is 0 Å². The summed E-state index contributed by atoms with van der Waals surface area (Å²) < 4.78 is 20.7. The summed E-state index contributed by atoms with van der Waals surface area (Å²) in [4.78, 5) is 19.1. The summed E-state index contributed by atoms with van der Waals surface area (Å²) in [6, 6.07) is 19.9. The number of nitrogens with zero attached hydrogens (tertiary/aromatic N) is 4. The molecule has 34 heavy (non-hydrogen) atoms. The van der Waals surface area contributed by atoms with Crippen molar-refractivity contribution >= 4 is 5.91 Å². The van der Waals surface area contributed by atoms with Crippen LogP contribution in [0, 0.1) is 12.7 Å². The average Bonchev–Trinajstić information content (AvgIpc) is 3.25. The van der Waals surface area contributed by atoms with Crippen LogP contribution >= 0.6 is 0 Å². The number of pyridine rings is 1. The maximum Gasteiger partial charge on any atom is 0.244 e. The lowest BCUT2D eigenvalue weighted by Crippen LogP contribution is -2.33. The van der Waals surface area contributed by atoms with Gasteiger partial charge in [-0.1, -0.05) is 24.3 Å². The van der Waals surface area contributed by atoms with Crippen molar-refractivity contribution in [2.24, 2.45) is 0 Å². The lowest BCUT2D eigenvalue weighted by Gasteiger charge is -2.23. The number of rotatable bonds is 10. The molecular weight excluding hydrogens is 431 g/mol. The molecule has 2 aromatic carbocycles. The number of aromatic nitrogens is 3. The number of benzene rings is 2. The van der Waals surface area contributed by atoms with E-state index in [1.807, 2.05) is 54.3 Å². The van der Waals surface area contributed by atoms with Crippen molar-refractivity contribution < 1.29 is 13.9 Å². The van der Waals surface area contributed by atoms with Gasteiger partial charge in [0.1, 0.15) is 18.1 Å². The molecule has 0 aliphatic heterocycles. The zero-order chi connectivity index (χ0) is 23.8. The third-order valence-electron chi connectivity index (χ3n) is 5.53. The van der Waals surface area contributed by atoms with E-state index in [-0.39, 0.29) is 18.3 Å². The van der Waals surface area contributed by atoms with Gasteiger partial charge in [-0.15, -0.1) is 0 Å². The minimum absolute atomic E-state index is 0.0220. The highest BCUT2D eigenvalue weighted by Gasteiger charge is 2.17. The molecule has 0 saturated carbocycles. The SMILES string of the molecule is Cc1ccnn1CC(=O)N(Cc1ccncc1)Cc1cccc(OCCc2ccc(F)cc2)c1. The van der Waals surface area contributed by atoms with Crippen LogP contribution in [0.2, 0.25) is 0 Å². The van der Waals surface area contributed by atoms with Gasteiger partial charge in [0.05, 0.1) is 6.61 Å². The fourth-order valence-corrected chi connectivity index (χ4v) is 3.63. The van der Waals surface area contributed by atoms with Crippen LogP contribution < -0.4 is 4.74 Å². The minimum Gasteiger partial charge on any atom is -0.493 e. The van der Waals surface area contributed by atoms with Crippen LogP contribution in [0.5, 0.6) is 5.75 Å². The first-order chi connectivity index (χ1) is 16.6. The van der Waals surface area contributed by atoms with Crippen LogP contribution in [0.15, 0.2) is 85.3 Å². The van der Waals surface area contributed by atoms with E-state index in [1.165, 1.54) is 12.1 Å². The largest absolute Gasteiger partial charge is 0.493 e. The van der Waals surface area contributed by atoms with Crippen LogP contribution in [0.1, 0.15) is 22.4 Å². The number of carbonyl (C=O) groups excluding carboxylic acids is 1. The normalized spacial score (nSPS) is 10.8. The molecule has 0 aliphatic carbocycles. The summed E-state index contributed by atoms with van der Waals surface area (Å²) in [6.07, 6.45) is 5.83. The van der Waals surface area contributed by atoms with Crippen molar-refractivity contribution in [2.75, 3.05) is 6.61 Å². The molecule has 4 rings (SSSR count). The zero-order valence-electron chi connectivity index (χ0n) is 19.1. The van der Waals surface area contributed by atoms with Crippen molar-refractivity contribution in [2.45, 2.75) is 33.0 Å². The molecule has 1 amide bonds. The van der Waals surface area contributed by atoms with E-state index in [0.29, 0.717) is 26.1 Å². The number of hydrogen-bond acceptors (Lipinski definition) is 4. The standard InChI is InChI=1S/C27H27FN4O2/c1-21-9-15-30-32(21)20-27(33)31(18-23-10-13-29-14-11-23)19-24-3-2-4-26(17-24)34-16-12-22-5-7-25(28)8-6-22/h2-11,13-15,17H,12,16,18-20H2,1H3. The molecule has 0 fully saturated rings. The fraction of sp³-hybridized carbons (Fsp3) is 0.222. The van der Waals surface area contributed by atoms with Gasteiger partial charge in [0.2, 0.25) is 5.91 Å². The molecule has 7 heteroatoms. The van der Waals surface area contributed by atoms with E-state index in [0.717, 1.165) is 28.1 Å². The number of hydrogen-bond donors (Lipinski definition) is 0. The Morgan fingerprint density at radius 3 is 2.44 bits per heavy atom. The Hall–Kier alpha value is -4.00. The predicted octanol–water partition coefficient (Wildman–Crippen LogP) is 4.58. The highest BCUT2D eigenvalue weighted by molar-refractivity contribution is 5.76. The van der Waals surface area contributed by atoms with E-state index in [4.69, 9.17) is 4.74 Å². The molecule has 0 saturated heterocycles. The molecular formula is C27H27FN4O2. The third kappa shape index (κ3) is 6.51. The van der Waals surface area contributed by atoms with Crippen molar-refractivity contribution in [3.05, 3.63) is 114 Å². The molecule has 0 aliphatic rings. The molecule has 2 heterocycles. The van der Waals surface area contributed by atoms with Crippen LogP contribution in [0.4, 0.5) is 4.39 Å². The smallest absolute Gasteiger partial charge is 0.244 e. The summed E-state index contributed by atoms with van der Waals surface area (Å²) >= 11 is 0. The Morgan fingerprint density at radius 1 is 0.941 bits per heavy atom. The minimum atomic E-state index is -0.244. The molecule has 6 nitrogen and oxygen atoms in total. The molecule has 0 spiro atoms. The average molecular weight is 459 g/mol.